The van der Waals surface area contributed by atoms with Gasteiger partial charge in [-0.05, 0) is 25.5 Å². The van der Waals surface area contributed by atoms with Gasteiger partial charge in [0.05, 0.1) is 0 Å². The summed E-state index contributed by atoms with van der Waals surface area (Å²) in [5, 5.41) is 14.4. The van der Waals surface area contributed by atoms with Gasteiger partial charge >= 0.3 is 0 Å². The molecule has 0 heterocycles. The number of nitrogens with one attached hydrogen (secondary N) is 1. The second-order valence-electron chi connectivity index (χ2n) is 3.82. The summed E-state index contributed by atoms with van der Waals surface area (Å²) in [6, 6.07) is 6.71. The van der Waals surface area contributed by atoms with Crippen molar-refractivity contribution < 1.29 is 9.60 Å². The summed E-state index contributed by atoms with van der Waals surface area (Å²) in [5.41, 5.74) is 6.00. The first-order chi connectivity index (χ1) is 8.24. The molecule has 0 bridgehead atoms. The molecule has 94 valence electrons. The Balaban J connectivity index is 2.11. The fraction of sp³-hybridized carbons (Fsp3) is 0.417. The minimum atomic E-state index is -0.184. The van der Waals surface area contributed by atoms with E-state index in [1.54, 1.807) is 12.1 Å². The molecule has 17 heavy (non-hydrogen) atoms. The van der Waals surface area contributed by atoms with Gasteiger partial charge in [-0.2, -0.15) is 0 Å². The Morgan fingerprint density at radius 1 is 1.35 bits per heavy atom. The average Bonchev–Trinajstić information content (AvgIpc) is 2.35. The summed E-state index contributed by atoms with van der Waals surface area (Å²) in [6.45, 7) is 1.31. The van der Waals surface area contributed by atoms with Crippen LogP contribution in [0.4, 0.5) is 4.39 Å². The number of halogens is 1. The lowest BCUT2D eigenvalue weighted by atomic mass is 10.2. The third-order valence-corrected chi connectivity index (χ3v) is 2.44. The molecule has 1 aromatic carbocycles. The lowest BCUT2D eigenvalue weighted by Gasteiger charge is -2.05. The Morgan fingerprint density at radius 3 is 2.82 bits per heavy atom. The van der Waals surface area contributed by atoms with Crippen LogP contribution in [0.1, 0.15) is 24.8 Å². The van der Waals surface area contributed by atoms with Crippen LogP contribution in [-0.4, -0.2) is 17.6 Å². The van der Waals surface area contributed by atoms with Gasteiger partial charge < -0.3 is 16.3 Å². The first-order valence-corrected chi connectivity index (χ1v) is 5.64. The molecule has 0 saturated carbocycles. The first kappa shape index (κ1) is 13.4. The van der Waals surface area contributed by atoms with Gasteiger partial charge in [0.25, 0.3) is 0 Å². The van der Waals surface area contributed by atoms with Crippen LogP contribution in [-0.2, 0) is 6.54 Å². The van der Waals surface area contributed by atoms with Crippen molar-refractivity contribution in [3.63, 3.8) is 0 Å². The zero-order valence-corrected chi connectivity index (χ0v) is 9.69. The quantitative estimate of drug-likeness (QED) is 0.223. The zero-order valence-electron chi connectivity index (χ0n) is 9.69. The maximum absolute atomic E-state index is 13.2. The van der Waals surface area contributed by atoms with Gasteiger partial charge in [0.2, 0.25) is 0 Å². The molecule has 0 aromatic heterocycles. The number of nitrogens with zero attached hydrogens (tertiary/aromatic N) is 1. The van der Waals surface area contributed by atoms with Crippen LogP contribution in [0.2, 0.25) is 0 Å². The van der Waals surface area contributed by atoms with Gasteiger partial charge in [0.15, 0.2) is 0 Å². The van der Waals surface area contributed by atoms with E-state index in [1.807, 2.05) is 6.07 Å². The summed E-state index contributed by atoms with van der Waals surface area (Å²) in [6.07, 6.45) is 2.34. The van der Waals surface area contributed by atoms with Gasteiger partial charge in [0.1, 0.15) is 11.7 Å². The molecule has 0 atom stereocenters. The Morgan fingerprint density at radius 2 is 2.12 bits per heavy atom. The predicted molar refractivity (Wildman–Crippen MR) is 65.4 cm³/mol. The molecule has 1 aromatic rings. The maximum Gasteiger partial charge on any atom is 0.139 e. The van der Waals surface area contributed by atoms with E-state index in [-0.39, 0.29) is 11.7 Å². The number of amidine groups is 1. The molecule has 5 heteroatoms. The van der Waals surface area contributed by atoms with E-state index in [4.69, 9.17) is 10.9 Å². The van der Waals surface area contributed by atoms with Crippen LogP contribution >= 0.6 is 0 Å². The monoisotopic (exact) mass is 239 g/mol. The van der Waals surface area contributed by atoms with Crippen LogP contribution in [0.3, 0.4) is 0 Å². The fourth-order valence-corrected chi connectivity index (χ4v) is 1.47. The Kier molecular flexibility index (Phi) is 6.03. The van der Waals surface area contributed by atoms with E-state index >= 15 is 0 Å². The molecular formula is C12H18FN3O. The fourth-order valence-electron chi connectivity index (χ4n) is 1.47. The van der Waals surface area contributed by atoms with Crippen molar-refractivity contribution in [2.45, 2.75) is 25.8 Å². The summed E-state index contributed by atoms with van der Waals surface area (Å²) in [7, 11) is 0. The van der Waals surface area contributed by atoms with Crippen molar-refractivity contribution in [3.05, 3.63) is 35.6 Å². The Bertz CT molecular complexity index is 369. The SMILES string of the molecule is N/C(CCCCNCc1ccccc1F)=N\O. The minimum Gasteiger partial charge on any atom is -0.409 e. The first-order valence-electron chi connectivity index (χ1n) is 5.64. The molecular weight excluding hydrogens is 221 g/mol. The number of rotatable bonds is 7. The highest BCUT2D eigenvalue weighted by Gasteiger charge is 1.99. The molecule has 4 nitrogen and oxygen atoms in total. The summed E-state index contributed by atoms with van der Waals surface area (Å²) >= 11 is 0. The van der Waals surface area contributed by atoms with Gasteiger partial charge in [-0.3, -0.25) is 0 Å². The third-order valence-electron chi connectivity index (χ3n) is 2.44. The summed E-state index contributed by atoms with van der Waals surface area (Å²) < 4.78 is 13.2. The van der Waals surface area contributed by atoms with E-state index in [9.17, 15) is 4.39 Å². The minimum absolute atomic E-state index is 0.184. The van der Waals surface area contributed by atoms with Crippen molar-refractivity contribution in [2.75, 3.05) is 6.54 Å². The molecule has 0 amide bonds. The summed E-state index contributed by atoms with van der Waals surface area (Å²) in [5.74, 6) is 0.0655. The van der Waals surface area contributed by atoms with E-state index in [1.165, 1.54) is 6.07 Å². The number of unbranched alkanes of at least 4 members (excludes halogenated alkanes) is 1. The maximum atomic E-state index is 13.2. The molecule has 0 fully saturated rings. The molecule has 0 spiro atoms. The van der Waals surface area contributed by atoms with E-state index in [0.717, 1.165) is 19.4 Å². The van der Waals surface area contributed by atoms with Crippen LogP contribution in [0.5, 0.6) is 0 Å². The lowest BCUT2D eigenvalue weighted by Crippen LogP contribution is -2.17. The third kappa shape index (κ3) is 5.31. The van der Waals surface area contributed by atoms with Gasteiger partial charge in [0, 0.05) is 18.5 Å². The van der Waals surface area contributed by atoms with Crippen molar-refractivity contribution in [1.82, 2.24) is 5.32 Å². The van der Waals surface area contributed by atoms with Crippen molar-refractivity contribution in [1.29, 1.82) is 0 Å². The van der Waals surface area contributed by atoms with Gasteiger partial charge in [-0.15, -0.1) is 0 Å². The largest absolute Gasteiger partial charge is 0.409 e. The number of nitrogens with two attached hydrogens (primary N) is 1. The Labute approximate surface area is 100 Å². The van der Waals surface area contributed by atoms with Crippen molar-refractivity contribution >= 4 is 5.84 Å². The summed E-state index contributed by atoms with van der Waals surface area (Å²) in [4.78, 5) is 0. The van der Waals surface area contributed by atoms with Gasteiger partial charge in [-0.25, -0.2) is 4.39 Å². The second kappa shape index (κ2) is 7.62. The second-order valence-corrected chi connectivity index (χ2v) is 3.82. The smallest absolute Gasteiger partial charge is 0.139 e. The van der Waals surface area contributed by atoms with Gasteiger partial charge in [-0.1, -0.05) is 23.4 Å². The predicted octanol–water partition coefficient (Wildman–Crippen LogP) is 1.83. The normalized spacial score (nSPS) is 11.7. The molecule has 0 aliphatic rings. The Hall–Kier alpha value is -1.62. The van der Waals surface area contributed by atoms with Crippen LogP contribution in [0.15, 0.2) is 29.4 Å². The molecule has 1 rings (SSSR count). The standard InChI is InChI=1S/C12H18FN3O/c13-11-6-2-1-5-10(11)9-15-8-4-3-7-12(14)16-17/h1-2,5-6,15,17H,3-4,7-9H2,(H2,14,16). The van der Waals surface area contributed by atoms with Crippen molar-refractivity contribution in [2.24, 2.45) is 10.9 Å². The molecule has 0 aliphatic carbocycles. The molecule has 0 unspecified atom stereocenters. The lowest BCUT2D eigenvalue weighted by molar-refractivity contribution is 0.316. The topological polar surface area (TPSA) is 70.6 Å². The van der Waals surface area contributed by atoms with Crippen LogP contribution in [0.25, 0.3) is 0 Å². The zero-order chi connectivity index (χ0) is 12.5. The highest BCUT2D eigenvalue weighted by atomic mass is 19.1. The van der Waals surface area contributed by atoms with Crippen LogP contribution in [0, 0.1) is 5.82 Å². The van der Waals surface area contributed by atoms with Crippen molar-refractivity contribution in [3.8, 4) is 0 Å². The highest BCUT2D eigenvalue weighted by Crippen LogP contribution is 2.05. The van der Waals surface area contributed by atoms with E-state index in [2.05, 4.69) is 10.5 Å². The number of hydrogen-bond donors (Lipinski definition) is 3. The number of benzene rings is 1. The van der Waals surface area contributed by atoms with E-state index in [0.29, 0.717) is 18.5 Å². The highest BCUT2D eigenvalue weighted by molar-refractivity contribution is 5.79. The van der Waals surface area contributed by atoms with E-state index < -0.39 is 0 Å². The molecule has 4 N–H and O–H groups in total. The molecule has 0 saturated heterocycles. The molecule has 0 radical (unpaired) electrons. The number of oxime groups is 1. The number of hydrogen-bond acceptors (Lipinski definition) is 3. The average molecular weight is 239 g/mol. The molecule has 0 aliphatic heterocycles. The van der Waals surface area contributed by atoms with Crippen LogP contribution < -0.4 is 11.1 Å².